The number of hydrogen-bond acceptors (Lipinski definition) is 4. The maximum Gasteiger partial charge on any atom is 0.261 e. The number of benzene rings is 1. The second kappa shape index (κ2) is 5.38. The Morgan fingerprint density at radius 2 is 2.18 bits per heavy atom. The van der Waals surface area contributed by atoms with Crippen molar-refractivity contribution in [2.75, 3.05) is 19.6 Å². The van der Waals surface area contributed by atoms with Crippen molar-refractivity contribution in [1.29, 1.82) is 5.26 Å². The molecule has 1 amide bonds. The maximum absolute atomic E-state index is 12.6. The summed E-state index contributed by atoms with van der Waals surface area (Å²) < 4.78 is 0.907. The molecule has 2 bridgehead atoms. The van der Waals surface area contributed by atoms with Crippen LogP contribution in [0.25, 0.3) is 10.1 Å². The van der Waals surface area contributed by atoms with Gasteiger partial charge in [-0.25, -0.2) is 0 Å². The molecule has 0 radical (unpaired) electrons. The first kappa shape index (κ1) is 13.7. The van der Waals surface area contributed by atoms with Gasteiger partial charge in [-0.3, -0.25) is 4.79 Å². The van der Waals surface area contributed by atoms with Crippen molar-refractivity contribution in [3.8, 4) is 6.07 Å². The molecule has 4 nitrogen and oxygen atoms in total. The van der Waals surface area contributed by atoms with Crippen LogP contribution in [0.1, 0.15) is 28.1 Å². The van der Waals surface area contributed by atoms with Gasteiger partial charge in [0, 0.05) is 12.6 Å². The zero-order valence-corrected chi connectivity index (χ0v) is 13.0. The fourth-order valence-electron chi connectivity index (χ4n) is 3.63. The minimum Gasteiger partial charge on any atom is -0.347 e. The first-order chi connectivity index (χ1) is 10.7. The van der Waals surface area contributed by atoms with Crippen LogP contribution < -0.4 is 5.32 Å². The number of amides is 1. The zero-order chi connectivity index (χ0) is 15.1. The van der Waals surface area contributed by atoms with E-state index >= 15 is 0 Å². The van der Waals surface area contributed by atoms with Gasteiger partial charge in [0.15, 0.2) is 0 Å². The third kappa shape index (κ3) is 2.29. The van der Waals surface area contributed by atoms with Crippen LogP contribution in [0.15, 0.2) is 24.3 Å². The molecule has 3 aliphatic rings. The quantitative estimate of drug-likeness (QED) is 0.927. The molecule has 5 heteroatoms. The summed E-state index contributed by atoms with van der Waals surface area (Å²) in [6.45, 7) is 3.32. The van der Waals surface area contributed by atoms with Gasteiger partial charge in [-0.05, 0) is 49.4 Å². The first-order valence-electron chi connectivity index (χ1n) is 7.70. The average molecular weight is 311 g/mol. The van der Waals surface area contributed by atoms with E-state index in [2.05, 4.69) is 16.3 Å². The minimum absolute atomic E-state index is 0.00356. The van der Waals surface area contributed by atoms with E-state index in [1.807, 2.05) is 18.2 Å². The van der Waals surface area contributed by atoms with Gasteiger partial charge < -0.3 is 10.2 Å². The smallest absolute Gasteiger partial charge is 0.261 e. The van der Waals surface area contributed by atoms with E-state index in [-0.39, 0.29) is 11.9 Å². The fraction of sp³-hybridized carbons (Fsp3) is 0.412. The van der Waals surface area contributed by atoms with Gasteiger partial charge in [0.2, 0.25) is 0 Å². The van der Waals surface area contributed by atoms with Gasteiger partial charge in [0.25, 0.3) is 5.91 Å². The molecule has 0 saturated carbocycles. The fourth-order valence-corrected chi connectivity index (χ4v) is 4.66. The number of hydrogen-bond donors (Lipinski definition) is 1. The summed E-state index contributed by atoms with van der Waals surface area (Å²) in [7, 11) is 0. The first-order valence-corrected chi connectivity index (χ1v) is 8.52. The minimum atomic E-state index is 0.00356. The largest absolute Gasteiger partial charge is 0.347 e. The van der Waals surface area contributed by atoms with Gasteiger partial charge in [0.05, 0.1) is 15.1 Å². The SMILES string of the molecule is N#Cc1cccc2cc(C(=O)NC3CN4CCC3CC4)sc12. The lowest BCUT2D eigenvalue weighted by Crippen LogP contribution is -2.57. The molecule has 112 valence electrons. The van der Waals surface area contributed by atoms with Gasteiger partial charge in [-0.2, -0.15) is 5.26 Å². The normalized spacial score (nSPS) is 26.8. The Labute approximate surface area is 133 Å². The Hall–Kier alpha value is -1.90. The molecule has 3 fully saturated rings. The predicted octanol–water partition coefficient (Wildman–Crippen LogP) is 2.60. The Balaban J connectivity index is 1.57. The molecule has 1 unspecified atom stereocenters. The number of nitrogens with one attached hydrogen (secondary N) is 1. The van der Waals surface area contributed by atoms with Gasteiger partial charge >= 0.3 is 0 Å². The van der Waals surface area contributed by atoms with Crippen LogP contribution in [0.4, 0.5) is 0 Å². The zero-order valence-electron chi connectivity index (χ0n) is 12.2. The molecular weight excluding hydrogens is 294 g/mol. The molecular formula is C17H17N3OS. The number of piperidine rings is 3. The van der Waals surface area contributed by atoms with Crippen molar-refractivity contribution in [3.63, 3.8) is 0 Å². The Morgan fingerprint density at radius 3 is 2.86 bits per heavy atom. The molecule has 3 aliphatic heterocycles. The molecule has 2 aromatic rings. The topological polar surface area (TPSA) is 56.1 Å². The second-order valence-electron chi connectivity index (χ2n) is 6.16. The monoisotopic (exact) mass is 311 g/mol. The Morgan fingerprint density at radius 1 is 1.36 bits per heavy atom. The number of rotatable bonds is 2. The molecule has 0 spiro atoms. The van der Waals surface area contributed by atoms with Crippen molar-refractivity contribution in [2.45, 2.75) is 18.9 Å². The van der Waals surface area contributed by atoms with Crippen LogP contribution >= 0.6 is 11.3 Å². The van der Waals surface area contributed by atoms with E-state index in [4.69, 9.17) is 5.26 Å². The molecule has 1 atom stereocenters. The second-order valence-corrected chi connectivity index (χ2v) is 7.22. The highest BCUT2D eigenvalue weighted by Gasteiger charge is 2.35. The van der Waals surface area contributed by atoms with Crippen molar-refractivity contribution < 1.29 is 4.79 Å². The van der Waals surface area contributed by atoms with Crippen molar-refractivity contribution in [3.05, 3.63) is 34.7 Å². The van der Waals surface area contributed by atoms with Crippen LogP contribution in [0.2, 0.25) is 0 Å². The predicted molar refractivity (Wildman–Crippen MR) is 87.0 cm³/mol. The van der Waals surface area contributed by atoms with E-state index in [9.17, 15) is 4.79 Å². The standard InChI is InChI=1S/C17H17N3OS/c18-9-13-3-1-2-12-8-15(22-16(12)13)17(21)19-14-10-20-6-4-11(14)5-7-20/h1-3,8,11,14H,4-7,10H2,(H,19,21). The number of carbonyl (C=O) groups is 1. The molecule has 1 aromatic heterocycles. The van der Waals surface area contributed by atoms with E-state index in [0.717, 1.165) is 16.6 Å². The van der Waals surface area contributed by atoms with Crippen LogP contribution in [0.3, 0.4) is 0 Å². The molecule has 5 rings (SSSR count). The summed E-state index contributed by atoms with van der Waals surface area (Å²) in [6, 6.07) is 9.99. The van der Waals surface area contributed by atoms with E-state index in [1.54, 1.807) is 6.07 Å². The highest BCUT2D eigenvalue weighted by atomic mass is 32.1. The lowest BCUT2D eigenvalue weighted by Gasteiger charge is -2.44. The molecule has 1 N–H and O–H groups in total. The van der Waals surface area contributed by atoms with Crippen molar-refractivity contribution in [2.24, 2.45) is 5.92 Å². The van der Waals surface area contributed by atoms with Crippen LogP contribution in [-0.4, -0.2) is 36.5 Å². The number of nitriles is 1. The molecule has 3 saturated heterocycles. The molecule has 1 aromatic carbocycles. The number of nitrogens with zero attached hydrogens (tertiary/aromatic N) is 2. The summed E-state index contributed by atoms with van der Waals surface area (Å²) in [5, 5.41) is 13.4. The van der Waals surface area contributed by atoms with E-state index in [1.165, 1.54) is 37.3 Å². The summed E-state index contributed by atoms with van der Waals surface area (Å²) >= 11 is 1.42. The third-order valence-electron chi connectivity index (χ3n) is 4.86. The van der Waals surface area contributed by atoms with Gasteiger partial charge in [-0.15, -0.1) is 11.3 Å². The van der Waals surface area contributed by atoms with Crippen molar-refractivity contribution in [1.82, 2.24) is 10.2 Å². The summed E-state index contributed by atoms with van der Waals surface area (Å²) in [5.41, 5.74) is 0.643. The summed E-state index contributed by atoms with van der Waals surface area (Å²) in [5.74, 6) is 0.627. The summed E-state index contributed by atoms with van der Waals surface area (Å²) in [4.78, 5) is 15.7. The Bertz CT molecular complexity index is 768. The Kier molecular flexibility index (Phi) is 3.36. The molecule has 4 heterocycles. The van der Waals surface area contributed by atoms with E-state index in [0.29, 0.717) is 16.4 Å². The van der Waals surface area contributed by atoms with Crippen LogP contribution in [0.5, 0.6) is 0 Å². The number of carbonyl (C=O) groups excluding carboxylic acids is 1. The van der Waals surface area contributed by atoms with Crippen LogP contribution in [0, 0.1) is 17.2 Å². The summed E-state index contributed by atoms with van der Waals surface area (Å²) in [6.07, 6.45) is 2.38. The average Bonchev–Trinajstić information content (AvgIpc) is 3.00. The van der Waals surface area contributed by atoms with Gasteiger partial charge in [0.1, 0.15) is 6.07 Å². The van der Waals surface area contributed by atoms with Crippen molar-refractivity contribution >= 4 is 27.3 Å². The van der Waals surface area contributed by atoms with Gasteiger partial charge in [-0.1, -0.05) is 12.1 Å². The maximum atomic E-state index is 12.6. The molecule has 0 aliphatic carbocycles. The number of thiophene rings is 1. The molecule has 22 heavy (non-hydrogen) atoms. The lowest BCUT2D eigenvalue weighted by molar-refractivity contribution is 0.0622. The lowest BCUT2D eigenvalue weighted by atomic mass is 9.84. The highest BCUT2D eigenvalue weighted by molar-refractivity contribution is 7.21. The third-order valence-corrected chi connectivity index (χ3v) is 6.04. The number of fused-ring (bicyclic) bond motifs is 4. The highest BCUT2D eigenvalue weighted by Crippen LogP contribution is 2.30. The van der Waals surface area contributed by atoms with Crippen LogP contribution in [-0.2, 0) is 0 Å². The van der Waals surface area contributed by atoms with E-state index < -0.39 is 0 Å².